The molecular weight excluding hydrogens is 710 g/mol. The van der Waals surface area contributed by atoms with E-state index in [9.17, 15) is 33.9 Å². The summed E-state index contributed by atoms with van der Waals surface area (Å²) >= 11 is 3.37. The van der Waals surface area contributed by atoms with Crippen molar-refractivity contribution in [3.63, 3.8) is 0 Å². The first-order valence-electron chi connectivity index (χ1n) is 17.2. The van der Waals surface area contributed by atoms with Gasteiger partial charge in [-0.1, -0.05) is 54.9 Å². The molecule has 0 saturated carbocycles. The summed E-state index contributed by atoms with van der Waals surface area (Å²) in [6, 6.07) is 1.62. The first kappa shape index (κ1) is 44.2. The quantitative estimate of drug-likeness (QED) is 0.0535. The zero-order chi connectivity index (χ0) is 37.6. The molecule has 0 heterocycles. The van der Waals surface area contributed by atoms with Gasteiger partial charge in [-0.05, 0) is 88.1 Å². The lowest BCUT2D eigenvalue weighted by Gasteiger charge is -2.27. The Kier molecular flexibility index (Phi) is 21.5. The van der Waals surface area contributed by atoms with Crippen molar-refractivity contribution in [2.24, 2.45) is 17.4 Å². The van der Waals surface area contributed by atoms with Gasteiger partial charge in [-0.3, -0.25) is 24.0 Å². The van der Waals surface area contributed by atoms with Gasteiger partial charge in [-0.25, -0.2) is 4.79 Å². The van der Waals surface area contributed by atoms with Crippen LogP contribution in [0.2, 0.25) is 0 Å². The summed E-state index contributed by atoms with van der Waals surface area (Å²) < 4.78 is 0.811. The Bertz CT molecular complexity index is 1260. The summed E-state index contributed by atoms with van der Waals surface area (Å²) in [6.07, 6.45) is 4.71. The van der Waals surface area contributed by atoms with Gasteiger partial charge in [0.25, 0.3) is 0 Å². The van der Waals surface area contributed by atoms with Gasteiger partial charge in [0.05, 0.1) is 0 Å². The molecule has 0 fully saturated rings. The summed E-state index contributed by atoms with van der Waals surface area (Å²) in [5.74, 6) is -4.11. The molecule has 0 bridgehead atoms. The molecule has 10 N–H and O–H groups in total. The van der Waals surface area contributed by atoms with Crippen LogP contribution in [0.5, 0.6) is 0 Å². The molecule has 50 heavy (non-hydrogen) atoms. The van der Waals surface area contributed by atoms with Gasteiger partial charge < -0.3 is 43.2 Å². The summed E-state index contributed by atoms with van der Waals surface area (Å²) in [4.78, 5) is 78.3. The van der Waals surface area contributed by atoms with Crippen molar-refractivity contribution in [2.75, 3.05) is 13.1 Å². The SMILES string of the molecule is C=CC[C@H](NC(=O)[C@H](CCCCN)NC(=O)[C@H](CCCCN)NC(=O)CC)C(=O)N[C@@H](Cc1ccc(Br)cc1)C(=O)N[C@@H](CC(C)C)C(=O)O. The highest BCUT2D eigenvalue weighted by molar-refractivity contribution is 9.10. The normalized spacial score (nSPS) is 14.0. The number of hydrogen-bond acceptors (Lipinski definition) is 8. The van der Waals surface area contributed by atoms with Gasteiger partial charge in [-0.15, -0.1) is 6.58 Å². The monoisotopic (exact) mass is 765 g/mol. The Morgan fingerprint density at radius 3 is 1.68 bits per heavy atom. The number of carboxylic acid groups (broad SMARTS) is 1. The average molecular weight is 767 g/mol. The van der Waals surface area contributed by atoms with E-state index >= 15 is 0 Å². The predicted octanol–water partition coefficient (Wildman–Crippen LogP) is 1.79. The number of unbranched alkanes of at least 4 members (excludes halogenated alkanes) is 2. The van der Waals surface area contributed by atoms with Gasteiger partial charge in [0, 0.05) is 17.3 Å². The number of carbonyl (C=O) groups is 6. The van der Waals surface area contributed by atoms with Gasteiger partial charge in [0.2, 0.25) is 29.5 Å². The van der Waals surface area contributed by atoms with Crippen molar-refractivity contribution in [1.29, 1.82) is 0 Å². The minimum atomic E-state index is -1.20. The highest BCUT2D eigenvalue weighted by Crippen LogP contribution is 2.14. The van der Waals surface area contributed by atoms with Crippen LogP contribution < -0.4 is 38.1 Å². The fourth-order valence-corrected chi connectivity index (χ4v) is 5.33. The molecule has 5 atom stereocenters. The van der Waals surface area contributed by atoms with Crippen molar-refractivity contribution in [2.45, 2.75) is 115 Å². The smallest absolute Gasteiger partial charge is 0.326 e. The number of benzene rings is 1. The Hall–Kier alpha value is -3.82. The first-order valence-corrected chi connectivity index (χ1v) is 18.0. The second-order valence-electron chi connectivity index (χ2n) is 12.6. The maximum atomic E-state index is 13.7. The van der Waals surface area contributed by atoms with Crippen LogP contribution in [0.4, 0.5) is 0 Å². The van der Waals surface area contributed by atoms with E-state index in [2.05, 4.69) is 49.1 Å². The van der Waals surface area contributed by atoms with Crippen LogP contribution in [-0.4, -0.2) is 83.9 Å². The molecule has 0 unspecified atom stereocenters. The summed E-state index contributed by atoms with van der Waals surface area (Å²) in [6.45, 7) is 9.84. The van der Waals surface area contributed by atoms with E-state index in [1.54, 1.807) is 31.2 Å². The first-order chi connectivity index (χ1) is 23.8. The van der Waals surface area contributed by atoms with Crippen molar-refractivity contribution < 1.29 is 33.9 Å². The van der Waals surface area contributed by atoms with E-state index in [1.165, 1.54) is 6.08 Å². The zero-order valence-electron chi connectivity index (χ0n) is 29.5. The number of halogens is 1. The lowest BCUT2D eigenvalue weighted by molar-refractivity contribution is -0.142. The fraction of sp³-hybridized carbons (Fsp3) is 0.600. The van der Waals surface area contributed by atoms with Crippen molar-refractivity contribution in [3.05, 3.63) is 47.0 Å². The number of carboxylic acids is 1. The third-order valence-electron chi connectivity index (χ3n) is 7.84. The molecule has 280 valence electrons. The van der Waals surface area contributed by atoms with E-state index in [0.29, 0.717) is 50.8 Å². The summed E-state index contributed by atoms with van der Waals surface area (Å²) in [7, 11) is 0. The average Bonchev–Trinajstić information content (AvgIpc) is 3.07. The summed E-state index contributed by atoms with van der Waals surface area (Å²) in [5, 5.41) is 23.1. The lowest BCUT2D eigenvalue weighted by atomic mass is 10.0. The zero-order valence-corrected chi connectivity index (χ0v) is 31.1. The number of rotatable bonds is 25. The molecular formula is C35H56BrN7O7. The molecule has 1 rings (SSSR count). The van der Waals surface area contributed by atoms with Gasteiger partial charge in [0.15, 0.2) is 0 Å². The van der Waals surface area contributed by atoms with Crippen LogP contribution >= 0.6 is 15.9 Å². The number of nitrogens with one attached hydrogen (secondary N) is 5. The van der Waals surface area contributed by atoms with Crippen LogP contribution in [0, 0.1) is 5.92 Å². The molecule has 0 aliphatic rings. The highest BCUT2D eigenvalue weighted by Gasteiger charge is 2.32. The van der Waals surface area contributed by atoms with Crippen LogP contribution in [0.1, 0.15) is 84.1 Å². The molecule has 15 heteroatoms. The minimum absolute atomic E-state index is 0.00691. The molecule has 14 nitrogen and oxygen atoms in total. The Morgan fingerprint density at radius 1 is 0.740 bits per heavy atom. The number of amides is 5. The van der Waals surface area contributed by atoms with Gasteiger partial charge in [0.1, 0.15) is 30.2 Å². The van der Waals surface area contributed by atoms with E-state index in [4.69, 9.17) is 11.5 Å². The van der Waals surface area contributed by atoms with E-state index in [0.717, 1.165) is 4.47 Å². The Labute approximate surface area is 303 Å². The number of hydrogen-bond donors (Lipinski definition) is 8. The third-order valence-corrected chi connectivity index (χ3v) is 8.37. The van der Waals surface area contributed by atoms with E-state index < -0.39 is 59.8 Å². The molecule has 0 aliphatic carbocycles. The molecule has 0 aromatic heterocycles. The van der Waals surface area contributed by atoms with Crippen LogP contribution in [0.15, 0.2) is 41.4 Å². The number of nitrogens with two attached hydrogens (primary N) is 2. The Balaban J connectivity index is 3.27. The topological polar surface area (TPSA) is 235 Å². The van der Waals surface area contributed by atoms with Crippen molar-refractivity contribution in [1.82, 2.24) is 26.6 Å². The molecule has 5 amide bonds. The van der Waals surface area contributed by atoms with Crippen molar-refractivity contribution >= 4 is 51.4 Å². The van der Waals surface area contributed by atoms with Crippen LogP contribution in [-0.2, 0) is 35.2 Å². The molecule has 1 aromatic carbocycles. The fourth-order valence-electron chi connectivity index (χ4n) is 5.07. The summed E-state index contributed by atoms with van der Waals surface area (Å²) in [5.41, 5.74) is 12.0. The van der Waals surface area contributed by atoms with Gasteiger partial charge in [-0.2, -0.15) is 0 Å². The molecule has 0 radical (unpaired) electrons. The molecule has 0 spiro atoms. The highest BCUT2D eigenvalue weighted by atomic mass is 79.9. The van der Waals surface area contributed by atoms with E-state index in [1.807, 2.05) is 13.8 Å². The van der Waals surface area contributed by atoms with Crippen molar-refractivity contribution in [3.8, 4) is 0 Å². The lowest BCUT2D eigenvalue weighted by Crippen LogP contribution is -2.59. The number of aliphatic carboxylic acids is 1. The standard InChI is InChI=1S/C35H56BrN7O7/c1-5-11-25(40-33(47)27(13-8-10-19-38)41-32(46)26(12-7-9-18-37)39-30(44)6-2)31(45)42-28(21-23-14-16-24(36)17-15-23)34(48)43-29(35(49)50)20-22(3)4/h5,14-17,22,25-29H,1,6-13,18-21,37-38H2,2-4H3,(H,39,44)(H,40,47)(H,41,46)(H,42,45)(H,43,48)(H,49,50)/t25-,26-,27-,28-,29-/m0/s1. The largest absolute Gasteiger partial charge is 0.480 e. The third kappa shape index (κ3) is 17.2. The van der Waals surface area contributed by atoms with Crippen LogP contribution in [0.3, 0.4) is 0 Å². The van der Waals surface area contributed by atoms with E-state index in [-0.39, 0.29) is 43.9 Å². The Morgan fingerprint density at radius 2 is 1.20 bits per heavy atom. The second-order valence-corrected chi connectivity index (χ2v) is 13.5. The predicted molar refractivity (Wildman–Crippen MR) is 196 cm³/mol. The number of carbonyl (C=O) groups excluding carboxylic acids is 5. The molecule has 1 aromatic rings. The maximum Gasteiger partial charge on any atom is 0.326 e. The van der Waals surface area contributed by atoms with Gasteiger partial charge >= 0.3 is 5.97 Å². The maximum absolute atomic E-state index is 13.7. The minimum Gasteiger partial charge on any atom is -0.480 e. The molecule has 0 aliphatic heterocycles. The second kappa shape index (κ2) is 24.3. The van der Waals surface area contributed by atoms with Crippen LogP contribution in [0.25, 0.3) is 0 Å². The molecule has 0 saturated heterocycles.